The fourth-order valence-corrected chi connectivity index (χ4v) is 5.47. The second kappa shape index (κ2) is 6.81. The molecule has 29 heavy (non-hydrogen) atoms. The summed E-state index contributed by atoms with van der Waals surface area (Å²) in [5.74, 6) is -0.749. The maximum Gasteiger partial charge on any atom is 0.168 e. The second-order valence-electron chi connectivity index (χ2n) is 7.20. The molecule has 0 saturated heterocycles. The molecule has 3 aromatic carbocycles. The number of hydrogen-bond donors (Lipinski definition) is 0. The molecule has 5 rings (SSSR count). The molecule has 0 bridgehead atoms. The number of aromatic nitrogens is 1. The van der Waals surface area contributed by atoms with Gasteiger partial charge in [0.1, 0.15) is 10.4 Å². The maximum atomic E-state index is 13.4. The summed E-state index contributed by atoms with van der Waals surface area (Å²) >= 11 is 7.56. The number of para-hydroxylation sites is 1. The van der Waals surface area contributed by atoms with E-state index in [2.05, 4.69) is 6.07 Å². The van der Waals surface area contributed by atoms with Crippen LogP contribution in [0, 0.1) is 17.2 Å². The molecular weight excluding hydrogens is 400 g/mol. The number of hydrogen-bond acceptors (Lipinski definition) is 4. The third-order valence-electron chi connectivity index (χ3n) is 5.61. The molecule has 0 aliphatic heterocycles. The smallest absolute Gasteiger partial charge is 0.168 e. The third-order valence-corrected chi connectivity index (χ3v) is 7.05. The van der Waals surface area contributed by atoms with Crippen LogP contribution in [0.5, 0.6) is 0 Å². The summed E-state index contributed by atoms with van der Waals surface area (Å²) in [5.41, 5.74) is 1.44. The highest BCUT2D eigenvalue weighted by Gasteiger charge is 2.72. The predicted molar refractivity (Wildman–Crippen MR) is 115 cm³/mol. The zero-order valence-corrected chi connectivity index (χ0v) is 16.8. The number of halogens is 1. The molecule has 3 atom stereocenters. The Morgan fingerprint density at radius 2 is 1.69 bits per heavy atom. The molecule has 1 heterocycles. The Hall–Kier alpha value is -3.00. The SMILES string of the molecule is N#C[C@]1(c2nc3ccccc3s2)[C@H](C(=O)c2ccccc2)[C@H]1c1ccc(Cl)cc1. The molecule has 5 heteroatoms. The number of Topliss-reactive ketones (excluding diaryl/α,β-unsaturated/α-hetero) is 1. The highest BCUT2D eigenvalue weighted by atomic mass is 35.5. The van der Waals surface area contributed by atoms with Crippen molar-refractivity contribution in [2.24, 2.45) is 5.92 Å². The zero-order valence-electron chi connectivity index (χ0n) is 15.2. The molecule has 0 radical (unpaired) electrons. The van der Waals surface area contributed by atoms with Crippen LogP contribution < -0.4 is 0 Å². The van der Waals surface area contributed by atoms with Crippen LogP contribution in [0.4, 0.5) is 0 Å². The van der Waals surface area contributed by atoms with Crippen molar-refractivity contribution < 1.29 is 4.79 Å². The summed E-state index contributed by atoms with van der Waals surface area (Å²) in [6.45, 7) is 0. The van der Waals surface area contributed by atoms with E-state index in [1.54, 1.807) is 24.3 Å². The van der Waals surface area contributed by atoms with Gasteiger partial charge < -0.3 is 0 Å². The van der Waals surface area contributed by atoms with E-state index in [1.807, 2.05) is 54.6 Å². The minimum absolute atomic E-state index is 0.0219. The van der Waals surface area contributed by atoms with Crippen molar-refractivity contribution >= 4 is 38.9 Å². The van der Waals surface area contributed by atoms with Crippen LogP contribution in [0.3, 0.4) is 0 Å². The Morgan fingerprint density at radius 3 is 2.38 bits per heavy atom. The Morgan fingerprint density at radius 1 is 1.00 bits per heavy atom. The first-order valence-corrected chi connectivity index (χ1v) is 10.5. The van der Waals surface area contributed by atoms with Crippen LogP contribution >= 0.6 is 22.9 Å². The Kier molecular flexibility index (Phi) is 4.24. The monoisotopic (exact) mass is 414 g/mol. The summed E-state index contributed by atoms with van der Waals surface area (Å²) < 4.78 is 1.02. The van der Waals surface area contributed by atoms with Crippen LogP contribution in [0.25, 0.3) is 10.2 Å². The van der Waals surface area contributed by atoms with Crippen molar-refractivity contribution in [3.05, 3.63) is 100 Å². The van der Waals surface area contributed by atoms with E-state index in [1.165, 1.54) is 11.3 Å². The molecule has 0 spiro atoms. The number of fused-ring (bicyclic) bond motifs is 1. The van der Waals surface area contributed by atoms with E-state index in [4.69, 9.17) is 16.6 Å². The van der Waals surface area contributed by atoms with E-state index in [0.717, 1.165) is 15.8 Å². The quantitative estimate of drug-likeness (QED) is 0.384. The van der Waals surface area contributed by atoms with Crippen LogP contribution in [0.2, 0.25) is 5.02 Å². The van der Waals surface area contributed by atoms with E-state index in [0.29, 0.717) is 15.6 Å². The van der Waals surface area contributed by atoms with Gasteiger partial charge in [-0.1, -0.05) is 66.2 Å². The number of carbonyl (C=O) groups is 1. The van der Waals surface area contributed by atoms with E-state index in [9.17, 15) is 10.1 Å². The van der Waals surface area contributed by atoms with Gasteiger partial charge in [-0.05, 0) is 29.8 Å². The Bertz CT molecular complexity index is 1230. The first kappa shape index (κ1) is 18.1. The van der Waals surface area contributed by atoms with Gasteiger partial charge in [0.05, 0.1) is 22.2 Å². The summed E-state index contributed by atoms with van der Waals surface area (Å²) in [6.07, 6.45) is 0. The van der Waals surface area contributed by atoms with Gasteiger partial charge in [0.25, 0.3) is 0 Å². The number of benzene rings is 3. The molecule has 3 nitrogen and oxygen atoms in total. The van der Waals surface area contributed by atoms with Crippen LogP contribution in [0.1, 0.15) is 26.8 Å². The molecule has 0 N–H and O–H groups in total. The van der Waals surface area contributed by atoms with Crippen molar-refractivity contribution in [1.29, 1.82) is 5.26 Å². The first-order chi connectivity index (χ1) is 14.1. The van der Waals surface area contributed by atoms with Gasteiger partial charge in [-0.15, -0.1) is 11.3 Å². The van der Waals surface area contributed by atoms with Crippen molar-refractivity contribution in [2.45, 2.75) is 11.3 Å². The largest absolute Gasteiger partial charge is 0.294 e. The van der Waals surface area contributed by atoms with E-state index < -0.39 is 11.3 Å². The van der Waals surface area contributed by atoms with Crippen molar-refractivity contribution in [2.75, 3.05) is 0 Å². The third kappa shape index (κ3) is 2.78. The van der Waals surface area contributed by atoms with Crippen LogP contribution in [-0.2, 0) is 5.41 Å². The van der Waals surface area contributed by atoms with Crippen molar-refractivity contribution in [3.63, 3.8) is 0 Å². The predicted octanol–water partition coefficient (Wildman–Crippen LogP) is 6.01. The lowest BCUT2D eigenvalue weighted by molar-refractivity contribution is 0.0959. The summed E-state index contributed by atoms with van der Waals surface area (Å²) in [6, 6.07) is 26.9. The summed E-state index contributed by atoms with van der Waals surface area (Å²) in [7, 11) is 0. The zero-order chi connectivity index (χ0) is 20.0. The molecule has 1 saturated carbocycles. The van der Waals surface area contributed by atoms with Gasteiger partial charge in [-0.25, -0.2) is 4.98 Å². The lowest BCUT2D eigenvalue weighted by atomic mass is 9.99. The lowest BCUT2D eigenvalue weighted by Crippen LogP contribution is -2.13. The Labute approximate surface area is 177 Å². The van der Waals surface area contributed by atoms with Gasteiger partial charge >= 0.3 is 0 Å². The summed E-state index contributed by atoms with van der Waals surface area (Å²) in [5, 5.41) is 11.7. The van der Waals surface area contributed by atoms with Crippen molar-refractivity contribution in [1.82, 2.24) is 4.98 Å². The molecule has 1 aliphatic rings. The second-order valence-corrected chi connectivity index (χ2v) is 8.67. The van der Waals surface area contributed by atoms with Crippen LogP contribution in [-0.4, -0.2) is 10.8 Å². The fraction of sp³-hybridized carbons (Fsp3) is 0.125. The minimum atomic E-state index is -0.968. The number of nitriles is 1. The number of nitrogens with zero attached hydrogens (tertiary/aromatic N) is 2. The molecule has 1 aromatic heterocycles. The molecule has 4 aromatic rings. The topological polar surface area (TPSA) is 53.8 Å². The number of thiazole rings is 1. The van der Waals surface area contributed by atoms with Gasteiger partial charge in [0.15, 0.2) is 5.78 Å². The Balaban J connectivity index is 1.66. The maximum absolute atomic E-state index is 13.4. The van der Waals surface area contributed by atoms with Crippen LogP contribution in [0.15, 0.2) is 78.9 Å². The molecule has 0 amide bonds. The molecular formula is C24H15ClN2OS. The van der Waals surface area contributed by atoms with Gasteiger partial charge in [0, 0.05) is 16.5 Å². The normalized spacial score (nSPS) is 22.9. The highest BCUT2D eigenvalue weighted by molar-refractivity contribution is 7.18. The fourth-order valence-electron chi connectivity index (χ4n) is 4.16. The molecule has 1 aliphatic carbocycles. The number of rotatable bonds is 4. The highest BCUT2D eigenvalue weighted by Crippen LogP contribution is 2.67. The number of carbonyl (C=O) groups excluding carboxylic acids is 1. The first-order valence-electron chi connectivity index (χ1n) is 9.27. The lowest BCUT2D eigenvalue weighted by Gasteiger charge is -2.05. The minimum Gasteiger partial charge on any atom is -0.294 e. The number of ketones is 1. The van der Waals surface area contributed by atoms with Gasteiger partial charge in [0.2, 0.25) is 0 Å². The average Bonchev–Trinajstić information content (AvgIpc) is 3.25. The van der Waals surface area contributed by atoms with Crippen molar-refractivity contribution in [3.8, 4) is 6.07 Å². The van der Waals surface area contributed by atoms with Gasteiger partial charge in [-0.2, -0.15) is 5.26 Å². The molecule has 140 valence electrons. The van der Waals surface area contributed by atoms with Gasteiger partial charge in [-0.3, -0.25) is 4.79 Å². The van der Waals surface area contributed by atoms with E-state index in [-0.39, 0.29) is 11.7 Å². The van der Waals surface area contributed by atoms with E-state index >= 15 is 0 Å². The average molecular weight is 415 g/mol. The molecule has 1 fully saturated rings. The molecule has 0 unspecified atom stereocenters. The summed E-state index contributed by atoms with van der Waals surface area (Å²) in [4.78, 5) is 18.2. The standard InChI is InChI=1S/C24H15ClN2OS/c25-17-12-10-15(11-13-17)20-21(22(28)16-6-2-1-3-7-16)24(20,14-26)23-27-18-8-4-5-9-19(18)29-23/h1-13,20-21H/t20-,21+,24-/m1/s1.